The molecule has 1 aromatic carbocycles. The zero-order valence-electron chi connectivity index (χ0n) is 8.59. The monoisotopic (exact) mass is 290 g/mol. The number of hydrogen-bond acceptors (Lipinski definition) is 2. The molecule has 4 heteroatoms. The molecule has 0 saturated heterocycles. The van der Waals surface area contributed by atoms with Crippen LogP contribution in [0.3, 0.4) is 0 Å². The molecular weight excluding hydrogens is 279 g/mol. The normalized spacial score (nSPS) is 12.3. The zero-order chi connectivity index (χ0) is 11.4. The number of rotatable bonds is 4. The van der Waals surface area contributed by atoms with E-state index >= 15 is 0 Å². The van der Waals surface area contributed by atoms with Gasteiger partial charge in [0.15, 0.2) is 0 Å². The maximum Gasteiger partial charge on any atom is 0.147 e. The topological polar surface area (TPSA) is 26.3 Å². The van der Waals surface area contributed by atoms with E-state index in [1.165, 1.54) is 6.92 Å². The highest BCUT2D eigenvalue weighted by atomic mass is 79.9. The number of Topliss-reactive ketones (excluding diaryl/α,β-unsaturated/α-hetero) is 1. The van der Waals surface area contributed by atoms with E-state index in [-0.39, 0.29) is 10.6 Å². The molecule has 0 bridgehead atoms. The lowest BCUT2D eigenvalue weighted by atomic mass is 10.1. The molecule has 0 fully saturated rings. The molecule has 0 N–H and O–H groups in total. The van der Waals surface area contributed by atoms with E-state index < -0.39 is 0 Å². The van der Waals surface area contributed by atoms with E-state index in [0.717, 1.165) is 5.56 Å². The first kappa shape index (κ1) is 12.5. The van der Waals surface area contributed by atoms with Crippen LogP contribution in [0.15, 0.2) is 18.2 Å². The lowest BCUT2D eigenvalue weighted by Crippen LogP contribution is -2.04. The van der Waals surface area contributed by atoms with Gasteiger partial charge in [0, 0.05) is 10.6 Å². The van der Waals surface area contributed by atoms with Crippen molar-refractivity contribution < 1.29 is 9.53 Å². The standard InChI is InChI=1S/C11H12BrClO2/c1-3-15-10-6-8(13)4-5-9(10)11(12)7(2)14/h4-6,11H,3H2,1-2H3. The second kappa shape index (κ2) is 5.52. The molecule has 1 atom stereocenters. The van der Waals surface area contributed by atoms with Gasteiger partial charge in [-0.1, -0.05) is 33.6 Å². The first-order valence-electron chi connectivity index (χ1n) is 4.63. The minimum absolute atomic E-state index is 0.0401. The number of hydrogen-bond donors (Lipinski definition) is 0. The van der Waals surface area contributed by atoms with Gasteiger partial charge in [-0.05, 0) is 26.0 Å². The van der Waals surface area contributed by atoms with Crippen molar-refractivity contribution in [3.63, 3.8) is 0 Å². The third-order valence-corrected chi connectivity index (χ3v) is 3.28. The molecule has 1 rings (SSSR count). The summed E-state index contributed by atoms with van der Waals surface area (Å²) in [6.45, 7) is 3.97. The fourth-order valence-corrected chi connectivity index (χ4v) is 1.76. The maximum absolute atomic E-state index is 11.3. The molecule has 0 radical (unpaired) electrons. The van der Waals surface area contributed by atoms with Gasteiger partial charge < -0.3 is 4.74 Å². The van der Waals surface area contributed by atoms with Crippen LogP contribution in [0.2, 0.25) is 5.02 Å². The van der Waals surface area contributed by atoms with Crippen molar-refractivity contribution in [3.8, 4) is 5.75 Å². The second-order valence-electron chi connectivity index (χ2n) is 3.09. The predicted molar refractivity (Wildman–Crippen MR) is 65.0 cm³/mol. The Bertz CT molecular complexity index is 366. The van der Waals surface area contributed by atoms with Crippen LogP contribution < -0.4 is 4.74 Å². The summed E-state index contributed by atoms with van der Waals surface area (Å²) in [5, 5.41) is 0.602. The first-order valence-corrected chi connectivity index (χ1v) is 5.92. The lowest BCUT2D eigenvalue weighted by Gasteiger charge is -2.13. The highest BCUT2D eigenvalue weighted by molar-refractivity contribution is 9.09. The number of ether oxygens (including phenoxy) is 1. The van der Waals surface area contributed by atoms with Crippen LogP contribution >= 0.6 is 27.5 Å². The largest absolute Gasteiger partial charge is 0.493 e. The third-order valence-electron chi connectivity index (χ3n) is 1.91. The maximum atomic E-state index is 11.3. The Morgan fingerprint density at radius 1 is 1.60 bits per heavy atom. The molecule has 0 aromatic heterocycles. The van der Waals surface area contributed by atoms with Crippen molar-refractivity contribution in [1.29, 1.82) is 0 Å². The fraction of sp³-hybridized carbons (Fsp3) is 0.364. The Morgan fingerprint density at radius 2 is 2.27 bits per heavy atom. The van der Waals surface area contributed by atoms with Crippen molar-refractivity contribution >= 4 is 33.3 Å². The molecule has 0 heterocycles. The van der Waals surface area contributed by atoms with Crippen molar-refractivity contribution in [2.75, 3.05) is 6.61 Å². The average molecular weight is 292 g/mol. The van der Waals surface area contributed by atoms with Crippen LogP contribution in [0.5, 0.6) is 5.75 Å². The molecule has 2 nitrogen and oxygen atoms in total. The van der Waals surface area contributed by atoms with E-state index in [9.17, 15) is 4.79 Å². The molecule has 0 amide bonds. The fourth-order valence-electron chi connectivity index (χ4n) is 1.22. The van der Waals surface area contributed by atoms with Crippen molar-refractivity contribution in [2.24, 2.45) is 0 Å². The number of halogens is 2. The number of ketones is 1. The number of carbonyl (C=O) groups is 1. The second-order valence-corrected chi connectivity index (χ2v) is 4.44. The van der Waals surface area contributed by atoms with Gasteiger partial charge in [-0.2, -0.15) is 0 Å². The van der Waals surface area contributed by atoms with E-state index in [2.05, 4.69) is 15.9 Å². The Labute approximate surface area is 103 Å². The van der Waals surface area contributed by atoms with Gasteiger partial charge in [0.25, 0.3) is 0 Å². The Kier molecular flexibility index (Phi) is 4.61. The van der Waals surface area contributed by atoms with Gasteiger partial charge in [-0.3, -0.25) is 4.79 Å². The minimum atomic E-state index is -0.337. The van der Waals surface area contributed by atoms with Crippen LogP contribution in [0.1, 0.15) is 24.2 Å². The van der Waals surface area contributed by atoms with Gasteiger partial charge in [0.1, 0.15) is 16.4 Å². The molecule has 1 aromatic rings. The Hall–Kier alpha value is -0.540. The SMILES string of the molecule is CCOc1cc(Cl)ccc1C(Br)C(C)=O. The lowest BCUT2D eigenvalue weighted by molar-refractivity contribution is -0.116. The van der Waals surface area contributed by atoms with Gasteiger partial charge in [0.2, 0.25) is 0 Å². The van der Waals surface area contributed by atoms with Crippen LogP contribution in [0, 0.1) is 0 Å². The van der Waals surface area contributed by atoms with Crippen molar-refractivity contribution in [3.05, 3.63) is 28.8 Å². The predicted octanol–water partition coefficient (Wildman–Crippen LogP) is 3.76. The molecule has 82 valence electrons. The number of carbonyl (C=O) groups excluding carboxylic acids is 1. The number of alkyl halides is 1. The Morgan fingerprint density at radius 3 is 2.80 bits per heavy atom. The minimum Gasteiger partial charge on any atom is -0.493 e. The van der Waals surface area contributed by atoms with E-state index in [0.29, 0.717) is 17.4 Å². The summed E-state index contributed by atoms with van der Waals surface area (Å²) in [5.74, 6) is 0.695. The van der Waals surface area contributed by atoms with Gasteiger partial charge >= 0.3 is 0 Å². The van der Waals surface area contributed by atoms with Crippen LogP contribution in [-0.4, -0.2) is 12.4 Å². The van der Waals surface area contributed by atoms with Gasteiger partial charge in [0.05, 0.1) is 6.61 Å². The van der Waals surface area contributed by atoms with Crippen LogP contribution in [0.4, 0.5) is 0 Å². The summed E-state index contributed by atoms with van der Waals surface area (Å²) in [6, 6.07) is 5.27. The molecule has 0 aliphatic carbocycles. The average Bonchev–Trinajstić information content (AvgIpc) is 2.17. The number of benzene rings is 1. The highest BCUT2D eigenvalue weighted by Crippen LogP contribution is 2.33. The van der Waals surface area contributed by atoms with Crippen molar-refractivity contribution in [2.45, 2.75) is 18.7 Å². The smallest absolute Gasteiger partial charge is 0.147 e. The van der Waals surface area contributed by atoms with E-state index in [1.807, 2.05) is 6.92 Å². The van der Waals surface area contributed by atoms with E-state index in [4.69, 9.17) is 16.3 Å². The molecule has 0 spiro atoms. The molecule has 1 unspecified atom stereocenters. The summed E-state index contributed by atoms with van der Waals surface area (Å²) in [4.78, 5) is 10.9. The Balaban J connectivity index is 3.10. The van der Waals surface area contributed by atoms with Crippen LogP contribution in [0.25, 0.3) is 0 Å². The summed E-state index contributed by atoms with van der Waals surface area (Å²) < 4.78 is 5.42. The highest BCUT2D eigenvalue weighted by Gasteiger charge is 2.17. The summed E-state index contributed by atoms with van der Waals surface area (Å²) in [6.07, 6.45) is 0. The van der Waals surface area contributed by atoms with Crippen molar-refractivity contribution in [1.82, 2.24) is 0 Å². The van der Waals surface area contributed by atoms with E-state index in [1.54, 1.807) is 18.2 Å². The third kappa shape index (κ3) is 3.21. The summed E-state index contributed by atoms with van der Waals surface area (Å²) in [5.41, 5.74) is 0.814. The zero-order valence-corrected chi connectivity index (χ0v) is 10.9. The molecule has 0 aliphatic rings. The molecule has 0 aliphatic heterocycles. The molecule has 0 saturated carbocycles. The van der Waals surface area contributed by atoms with Gasteiger partial charge in [-0.15, -0.1) is 0 Å². The summed E-state index contributed by atoms with van der Waals surface area (Å²) >= 11 is 9.18. The first-order chi connectivity index (χ1) is 7.06. The molecular formula is C11H12BrClO2. The quantitative estimate of drug-likeness (QED) is 0.790. The van der Waals surface area contributed by atoms with Gasteiger partial charge in [-0.25, -0.2) is 0 Å². The summed E-state index contributed by atoms with van der Waals surface area (Å²) in [7, 11) is 0. The van der Waals surface area contributed by atoms with Crippen LogP contribution in [-0.2, 0) is 4.79 Å². The molecule has 15 heavy (non-hydrogen) atoms.